The molecule has 2 nitrogen and oxygen atoms in total. The second kappa shape index (κ2) is 6.18. The Morgan fingerprint density at radius 2 is 1.86 bits per heavy atom. The van der Waals surface area contributed by atoms with E-state index in [0.717, 1.165) is 17.7 Å². The van der Waals surface area contributed by atoms with Gasteiger partial charge in [0.1, 0.15) is 11.5 Å². The van der Waals surface area contributed by atoms with Crippen LogP contribution >= 0.6 is 0 Å². The molecule has 2 aromatic rings. The van der Waals surface area contributed by atoms with Gasteiger partial charge < -0.3 is 9.52 Å². The lowest BCUT2D eigenvalue weighted by Crippen LogP contribution is -2.03. The molecule has 0 radical (unpaired) electrons. The number of rotatable bonds is 4. The molecule has 0 atom stereocenters. The summed E-state index contributed by atoms with van der Waals surface area (Å²) >= 11 is 0. The van der Waals surface area contributed by atoms with E-state index in [4.69, 9.17) is 9.52 Å². The molecule has 0 aliphatic heterocycles. The smallest absolute Gasteiger partial charge is 0.416 e. The van der Waals surface area contributed by atoms with Crippen LogP contribution in [0.4, 0.5) is 13.2 Å². The van der Waals surface area contributed by atoms with Crippen LogP contribution in [0.3, 0.4) is 0 Å². The summed E-state index contributed by atoms with van der Waals surface area (Å²) in [5.74, 6) is 1.20. The van der Waals surface area contributed by atoms with Crippen LogP contribution in [-0.4, -0.2) is 11.7 Å². The van der Waals surface area contributed by atoms with Gasteiger partial charge in [0.25, 0.3) is 0 Å². The normalized spacial score (nSPS) is 12.2. The molecule has 112 valence electrons. The van der Waals surface area contributed by atoms with Crippen LogP contribution in [0, 0.1) is 6.92 Å². The van der Waals surface area contributed by atoms with Gasteiger partial charge in [-0.1, -0.05) is 24.3 Å². The van der Waals surface area contributed by atoms with Gasteiger partial charge in [0.05, 0.1) is 5.56 Å². The molecule has 21 heavy (non-hydrogen) atoms. The maximum Gasteiger partial charge on any atom is 0.416 e. The molecular weight excluding hydrogens is 281 g/mol. The summed E-state index contributed by atoms with van der Waals surface area (Å²) in [6.45, 7) is 1.85. The molecule has 1 heterocycles. The predicted octanol–water partition coefficient (Wildman–Crippen LogP) is 4.67. The summed E-state index contributed by atoms with van der Waals surface area (Å²) in [4.78, 5) is 0. The van der Waals surface area contributed by atoms with Crippen molar-refractivity contribution in [1.82, 2.24) is 0 Å². The fraction of sp³-hybridized carbons (Fsp3) is 0.250. The predicted molar refractivity (Wildman–Crippen MR) is 74.6 cm³/mol. The van der Waals surface area contributed by atoms with Gasteiger partial charge >= 0.3 is 6.18 Å². The van der Waals surface area contributed by atoms with Crippen molar-refractivity contribution in [2.75, 3.05) is 6.61 Å². The minimum atomic E-state index is -4.34. The first-order valence-corrected chi connectivity index (χ1v) is 6.47. The number of halogens is 3. The summed E-state index contributed by atoms with van der Waals surface area (Å²) in [7, 11) is 0. The summed E-state index contributed by atoms with van der Waals surface area (Å²) in [5, 5.41) is 8.72. The van der Waals surface area contributed by atoms with Gasteiger partial charge in [-0.25, -0.2) is 0 Å². The van der Waals surface area contributed by atoms with Crippen molar-refractivity contribution in [3.8, 4) is 11.3 Å². The lowest BCUT2D eigenvalue weighted by Gasteiger charge is -2.06. The number of aliphatic hydroxyl groups excluding tert-OH is 1. The first-order chi connectivity index (χ1) is 9.91. The largest absolute Gasteiger partial charge is 0.461 e. The quantitative estimate of drug-likeness (QED) is 0.889. The average molecular weight is 296 g/mol. The van der Waals surface area contributed by atoms with E-state index >= 15 is 0 Å². The summed E-state index contributed by atoms with van der Waals surface area (Å²) in [6.07, 6.45) is -0.160. The first-order valence-electron chi connectivity index (χ1n) is 6.47. The van der Waals surface area contributed by atoms with Gasteiger partial charge in [0.15, 0.2) is 0 Å². The van der Waals surface area contributed by atoms with Gasteiger partial charge in [0.2, 0.25) is 0 Å². The summed E-state index contributed by atoms with van der Waals surface area (Å²) < 4.78 is 43.1. The van der Waals surface area contributed by atoms with Crippen LogP contribution in [0.15, 0.2) is 40.8 Å². The van der Waals surface area contributed by atoms with E-state index in [1.807, 2.05) is 12.2 Å². The standard InChI is InChI=1S/C16H15F3O2/c1-11-13(4-2-3-9-20)10-15(21-11)12-5-7-14(8-6-12)16(17,18)19/h2,4-8,10,20H,3,9H2,1H3. The van der Waals surface area contributed by atoms with Gasteiger partial charge in [-0.15, -0.1) is 0 Å². The number of aliphatic hydroxyl groups is 1. The summed E-state index contributed by atoms with van der Waals surface area (Å²) in [6, 6.07) is 6.62. The van der Waals surface area contributed by atoms with Crippen LogP contribution in [0.1, 0.15) is 23.3 Å². The van der Waals surface area contributed by atoms with Crippen molar-refractivity contribution >= 4 is 6.08 Å². The maximum absolute atomic E-state index is 12.5. The average Bonchev–Trinajstić information content (AvgIpc) is 2.80. The number of furan rings is 1. The van der Waals surface area contributed by atoms with E-state index in [1.165, 1.54) is 12.1 Å². The topological polar surface area (TPSA) is 33.4 Å². The lowest BCUT2D eigenvalue weighted by atomic mass is 10.1. The van der Waals surface area contributed by atoms with E-state index in [9.17, 15) is 13.2 Å². The zero-order valence-electron chi connectivity index (χ0n) is 11.4. The third-order valence-electron chi connectivity index (χ3n) is 3.05. The summed E-state index contributed by atoms with van der Waals surface area (Å²) in [5.41, 5.74) is 0.754. The molecule has 0 fully saturated rings. The number of alkyl halides is 3. The molecule has 0 spiro atoms. The Kier molecular flexibility index (Phi) is 4.53. The van der Waals surface area contributed by atoms with Crippen LogP contribution in [-0.2, 0) is 6.18 Å². The van der Waals surface area contributed by atoms with Gasteiger partial charge in [-0.2, -0.15) is 13.2 Å². The molecular formula is C16H15F3O2. The second-order valence-electron chi connectivity index (χ2n) is 4.61. The molecule has 2 rings (SSSR count). The van der Waals surface area contributed by atoms with E-state index < -0.39 is 11.7 Å². The van der Waals surface area contributed by atoms with Gasteiger partial charge in [-0.05, 0) is 31.5 Å². The van der Waals surface area contributed by atoms with Crippen LogP contribution < -0.4 is 0 Å². The lowest BCUT2D eigenvalue weighted by molar-refractivity contribution is -0.137. The monoisotopic (exact) mass is 296 g/mol. The van der Waals surface area contributed by atoms with Crippen molar-refractivity contribution in [3.05, 3.63) is 53.3 Å². The second-order valence-corrected chi connectivity index (χ2v) is 4.61. The van der Waals surface area contributed by atoms with E-state index in [-0.39, 0.29) is 6.61 Å². The zero-order valence-corrected chi connectivity index (χ0v) is 11.4. The number of hydrogen-bond donors (Lipinski definition) is 1. The molecule has 0 aliphatic carbocycles. The minimum absolute atomic E-state index is 0.0686. The first kappa shape index (κ1) is 15.4. The number of aryl methyl sites for hydroxylation is 1. The van der Waals surface area contributed by atoms with Crippen molar-refractivity contribution < 1.29 is 22.7 Å². The van der Waals surface area contributed by atoms with Gasteiger partial charge in [-0.3, -0.25) is 0 Å². The fourth-order valence-electron chi connectivity index (χ4n) is 1.91. The molecule has 1 N–H and O–H groups in total. The highest BCUT2D eigenvalue weighted by Crippen LogP contribution is 2.32. The van der Waals surface area contributed by atoms with E-state index in [2.05, 4.69) is 0 Å². The van der Waals surface area contributed by atoms with Crippen LogP contribution in [0.2, 0.25) is 0 Å². The SMILES string of the molecule is Cc1oc(-c2ccc(C(F)(F)F)cc2)cc1C=CCCO. The van der Waals surface area contributed by atoms with E-state index in [1.54, 1.807) is 13.0 Å². The molecule has 0 saturated carbocycles. The van der Waals surface area contributed by atoms with Crippen LogP contribution in [0.25, 0.3) is 17.4 Å². The zero-order chi connectivity index (χ0) is 15.5. The van der Waals surface area contributed by atoms with Gasteiger partial charge in [0, 0.05) is 17.7 Å². The molecule has 0 saturated heterocycles. The molecule has 5 heteroatoms. The fourth-order valence-corrected chi connectivity index (χ4v) is 1.91. The molecule has 0 aliphatic rings. The maximum atomic E-state index is 12.5. The Morgan fingerprint density at radius 3 is 2.43 bits per heavy atom. The Hall–Kier alpha value is -2.01. The molecule has 1 aromatic carbocycles. The number of hydrogen-bond acceptors (Lipinski definition) is 2. The minimum Gasteiger partial charge on any atom is -0.461 e. The van der Waals surface area contributed by atoms with Crippen molar-refractivity contribution in [3.63, 3.8) is 0 Å². The van der Waals surface area contributed by atoms with E-state index in [0.29, 0.717) is 23.5 Å². The number of benzene rings is 1. The Balaban J connectivity index is 2.24. The molecule has 0 unspecified atom stereocenters. The van der Waals surface area contributed by atoms with Crippen LogP contribution in [0.5, 0.6) is 0 Å². The Morgan fingerprint density at radius 1 is 1.19 bits per heavy atom. The highest BCUT2D eigenvalue weighted by Gasteiger charge is 2.30. The van der Waals surface area contributed by atoms with Crippen molar-refractivity contribution in [2.24, 2.45) is 0 Å². The Labute approximate surface area is 120 Å². The van der Waals surface area contributed by atoms with Crippen molar-refractivity contribution in [1.29, 1.82) is 0 Å². The highest BCUT2D eigenvalue weighted by atomic mass is 19.4. The molecule has 0 amide bonds. The third kappa shape index (κ3) is 3.76. The molecule has 1 aromatic heterocycles. The highest BCUT2D eigenvalue weighted by molar-refractivity contribution is 5.64. The van der Waals surface area contributed by atoms with Crippen molar-refractivity contribution in [2.45, 2.75) is 19.5 Å². The Bertz CT molecular complexity index is 622. The third-order valence-corrected chi connectivity index (χ3v) is 3.05. The molecule has 0 bridgehead atoms.